The van der Waals surface area contributed by atoms with E-state index in [1.54, 1.807) is 29.1 Å². The van der Waals surface area contributed by atoms with Gasteiger partial charge in [0.25, 0.3) is 0 Å². The summed E-state index contributed by atoms with van der Waals surface area (Å²) >= 11 is 0. The molecule has 0 aliphatic carbocycles. The lowest BCUT2D eigenvalue weighted by Gasteiger charge is -2.15. The zero-order valence-corrected chi connectivity index (χ0v) is 15.7. The molecule has 1 heterocycles. The van der Waals surface area contributed by atoms with Gasteiger partial charge in [0, 0.05) is 32.0 Å². The van der Waals surface area contributed by atoms with Crippen LogP contribution in [0.15, 0.2) is 60.8 Å². The van der Waals surface area contributed by atoms with E-state index in [1.807, 2.05) is 50.2 Å². The smallest absolute Gasteiger partial charge is 0.232 e. The van der Waals surface area contributed by atoms with Crippen molar-refractivity contribution in [2.24, 2.45) is 0 Å². The van der Waals surface area contributed by atoms with Crippen molar-refractivity contribution in [2.45, 2.75) is 19.4 Å². The number of nitrogens with zero attached hydrogens (tertiary/aromatic N) is 3. The van der Waals surface area contributed by atoms with Gasteiger partial charge in [-0.05, 0) is 42.3 Å². The van der Waals surface area contributed by atoms with Crippen LogP contribution in [-0.4, -0.2) is 29.8 Å². The molecule has 5 nitrogen and oxygen atoms in total. The second-order valence-electron chi connectivity index (χ2n) is 6.72. The molecule has 0 aliphatic heterocycles. The minimum absolute atomic E-state index is 0.111. The molecule has 0 spiro atoms. The maximum Gasteiger partial charge on any atom is 0.232 e. The number of aromatic nitrogens is 2. The molecule has 27 heavy (non-hydrogen) atoms. The van der Waals surface area contributed by atoms with Crippen LogP contribution in [0.1, 0.15) is 24.0 Å². The third-order valence-electron chi connectivity index (χ3n) is 4.45. The lowest BCUT2D eigenvalue weighted by molar-refractivity contribution is -0.117. The molecule has 0 bridgehead atoms. The third kappa shape index (κ3) is 4.73. The van der Waals surface area contributed by atoms with Crippen molar-refractivity contribution >= 4 is 17.4 Å². The summed E-state index contributed by atoms with van der Waals surface area (Å²) in [6.07, 6.45) is 1.79. The van der Waals surface area contributed by atoms with Crippen molar-refractivity contribution in [1.82, 2.24) is 9.78 Å². The van der Waals surface area contributed by atoms with E-state index in [2.05, 4.69) is 10.4 Å². The normalized spacial score (nSPS) is 11.9. The number of carbonyl (C=O) groups excluding carboxylic acids is 1. The van der Waals surface area contributed by atoms with E-state index in [0.29, 0.717) is 12.4 Å². The monoisotopic (exact) mass is 366 g/mol. The van der Waals surface area contributed by atoms with Crippen molar-refractivity contribution in [2.75, 3.05) is 24.3 Å². The SMILES string of the molecule is CC(C(=O)Nc1ccn(Cc2ccc(F)cc2)n1)c1ccc(N(C)C)cc1. The molecule has 1 aromatic heterocycles. The second-order valence-corrected chi connectivity index (χ2v) is 6.72. The molecule has 140 valence electrons. The molecule has 0 fully saturated rings. The van der Waals surface area contributed by atoms with Crippen LogP contribution in [0.3, 0.4) is 0 Å². The van der Waals surface area contributed by atoms with Crippen molar-refractivity contribution in [1.29, 1.82) is 0 Å². The van der Waals surface area contributed by atoms with Crippen LogP contribution in [0, 0.1) is 5.82 Å². The Morgan fingerprint density at radius 1 is 1.11 bits per heavy atom. The number of hydrogen-bond acceptors (Lipinski definition) is 3. The third-order valence-corrected chi connectivity index (χ3v) is 4.45. The van der Waals surface area contributed by atoms with Crippen LogP contribution in [-0.2, 0) is 11.3 Å². The molecule has 0 aliphatic rings. The van der Waals surface area contributed by atoms with Gasteiger partial charge in [-0.3, -0.25) is 9.48 Å². The highest BCUT2D eigenvalue weighted by Gasteiger charge is 2.16. The summed E-state index contributed by atoms with van der Waals surface area (Å²) < 4.78 is 14.7. The van der Waals surface area contributed by atoms with Gasteiger partial charge >= 0.3 is 0 Å². The molecule has 2 aromatic carbocycles. The number of halogens is 1. The van der Waals surface area contributed by atoms with E-state index in [0.717, 1.165) is 16.8 Å². The Hall–Kier alpha value is -3.15. The van der Waals surface area contributed by atoms with Crippen LogP contribution in [0.2, 0.25) is 0 Å². The highest BCUT2D eigenvalue weighted by molar-refractivity contribution is 5.94. The summed E-state index contributed by atoms with van der Waals surface area (Å²) in [5, 5.41) is 7.22. The zero-order valence-electron chi connectivity index (χ0n) is 15.7. The van der Waals surface area contributed by atoms with Gasteiger partial charge in [0.2, 0.25) is 5.91 Å². The van der Waals surface area contributed by atoms with E-state index in [-0.39, 0.29) is 17.6 Å². The van der Waals surface area contributed by atoms with Gasteiger partial charge in [0.05, 0.1) is 12.5 Å². The fraction of sp³-hybridized carbons (Fsp3) is 0.238. The summed E-state index contributed by atoms with van der Waals surface area (Å²) in [6, 6.07) is 16.0. The minimum atomic E-state index is -0.288. The lowest BCUT2D eigenvalue weighted by Crippen LogP contribution is -2.19. The van der Waals surface area contributed by atoms with Crippen molar-refractivity contribution in [3.05, 3.63) is 77.7 Å². The van der Waals surface area contributed by atoms with E-state index in [1.165, 1.54) is 12.1 Å². The van der Waals surface area contributed by atoms with Gasteiger partial charge in [-0.1, -0.05) is 24.3 Å². The number of nitrogens with one attached hydrogen (secondary N) is 1. The van der Waals surface area contributed by atoms with Gasteiger partial charge in [-0.15, -0.1) is 0 Å². The Kier molecular flexibility index (Phi) is 5.54. The predicted octanol–water partition coefficient (Wildman–Crippen LogP) is 3.88. The summed E-state index contributed by atoms with van der Waals surface area (Å²) in [5.41, 5.74) is 2.97. The highest BCUT2D eigenvalue weighted by atomic mass is 19.1. The minimum Gasteiger partial charge on any atom is -0.378 e. The molecule has 1 amide bonds. The van der Waals surface area contributed by atoms with Crippen LogP contribution in [0.5, 0.6) is 0 Å². The van der Waals surface area contributed by atoms with Gasteiger partial charge in [-0.25, -0.2) is 4.39 Å². The lowest BCUT2D eigenvalue weighted by atomic mass is 10.00. The second kappa shape index (κ2) is 8.03. The van der Waals surface area contributed by atoms with Crippen molar-refractivity contribution in [3.63, 3.8) is 0 Å². The van der Waals surface area contributed by atoms with Crippen LogP contribution >= 0.6 is 0 Å². The van der Waals surface area contributed by atoms with E-state index in [4.69, 9.17) is 0 Å². The van der Waals surface area contributed by atoms with Crippen LogP contribution < -0.4 is 10.2 Å². The molecule has 3 aromatic rings. The average molecular weight is 366 g/mol. The summed E-state index contributed by atoms with van der Waals surface area (Å²) in [4.78, 5) is 14.5. The Morgan fingerprint density at radius 2 is 1.78 bits per heavy atom. The summed E-state index contributed by atoms with van der Waals surface area (Å²) in [5.74, 6) is -0.165. The molecule has 6 heteroatoms. The van der Waals surface area contributed by atoms with Crippen molar-refractivity contribution < 1.29 is 9.18 Å². The number of hydrogen-bond donors (Lipinski definition) is 1. The molecule has 1 N–H and O–H groups in total. The molecule has 1 atom stereocenters. The first-order valence-electron chi connectivity index (χ1n) is 8.78. The number of rotatable bonds is 6. The highest BCUT2D eigenvalue weighted by Crippen LogP contribution is 2.21. The average Bonchev–Trinajstić information content (AvgIpc) is 3.09. The largest absolute Gasteiger partial charge is 0.378 e. The fourth-order valence-corrected chi connectivity index (χ4v) is 2.74. The summed E-state index contributed by atoms with van der Waals surface area (Å²) in [6.45, 7) is 2.38. The van der Waals surface area contributed by atoms with E-state index in [9.17, 15) is 9.18 Å². The zero-order chi connectivity index (χ0) is 19.4. The standard InChI is InChI=1S/C21H23FN4O/c1-15(17-6-10-19(11-7-17)25(2)3)21(27)23-20-12-13-26(24-20)14-16-4-8-18(22)9-5-16/h4-13,15H,14H2,1-3H3,(H,23,24,27). The first kappa shape index (κ1) is 18.6. The molecule has 1 unspecified atom stereocenters. The molecule has 0 radical (unpaired) electrons. The number of anilines is 2. The Morgan fingerprint density at radius 3 is 2.41 bits per heavy atom. The van der Waals surface area contributed by atoms with Gasteiger partial charge in [-0.2, -0.15) is 5.10 Å². The first-order chi connectivity index (χ1) is 12.9. The Balaban J connectivity index is 1.62. The van der Waals surface area contributed by atoms with E-state index < -0.39 is 0 Å². The molecule has 0 saturated carbocycles. The Labute approximate surface area is 158 Å². The number of amides is 1. The molecule has 3 rings (SSSR count). The van der Waals surface area contributed by atoms with Crippen molar-refractivity contribution in [3.8, 4) is 0 Å². The number of carbonyl (C=O) groups is 1. The van der Waals surface area contributed by atoms with E-state index >= 15 is 0 Å². The first-order valence-corrected chi connectivity index (χ1v) is 8.78. The topological polar surface area (TPSA) is 50.2 Å². The number of benzene rings is 2. The van der Waals surface area contributed by atoms with Gasteiger partial charge < -0.3 is 10.2 Å². The predicted molar refractivity (Wildman–Crippen MR) is 106 cm³/mol. The molecule has 0 saturated heterocycles. The van der Waals surface area contributed by atoms with Crippen LogP contribution in [0.25, 0.3) is 0 Å². The quantitative estimate of drug-likeness (QED) is 0.720. The maximum atomic E-state index is 13.0. The van der Waals surface area contributed by atoms with Crippen LogP contribution in [0.4, 0.5) is 15.9 Å². The summed E-state index contributed by atoms with van der Waals surface area (Å²) in [7, 11) is 3.96. The maximum absolute atomic E-state index is 13.0. The van der Waals surface area contributed by atoms with Gasteiger partial charge in [0.1, 0.15) is 5.82 Å². The fourth-order valence-electron chi connectivity index (χ4n) is 2.74. The molecular formula is C21H23FN4O. The Bertz CT molecular complexity index is 901. The molecular weight excluding hydrogens is 343 g/mol. The van der Waals surface area contributed by atoms with Gasteiger partial charge in [0.15, 0.2) is 5.82 Å².